The monoisotopic (exact) mass is 242 g/mol. The maximum Gasteiger partial charge on any atom is 0.227 e. The van der Waals surface area contributed by atoms with Gasteiger partial charge in [0.25, 0.3) is 0 Å². The Bertz CT molecular complexity index is 248. The quantitative estimate of drug-likeness (QED) is 0.655. The molecule has 1 unspecified atom stereocenters. The van der Waals surface area contributed by atoms with Crippen LogP contribution in [0.4, 0.5) is 0 Å². The van der Waals surface area contributed by atoms with Gasteiger partial charge in [0.05, 0.1) is 6.42 Å². The summed E-state index contributed by atoms with van der Waals surface area (Å²) >= 11 is 0. The molecule has 1 atom stereocenters. The molecule has 0 aliphatic heterocycles. The molecule has 4 nitrogen and oxygen atoms in total. The Kier molecular flexibility index (Phi) is 7.79. The molecular weight excluding hydrogens is 216 g/mol. The Labute approximate surface area is 105 Å². The van der Waals surface area contributed by atoms with E-state index < -0.39 is 0 Å². The van der Waals surface area contributed by atoms with Crippen molar-refractivity contribution in [2.75, 3.05) is 20.6 Å². The second-order valence-electron chi connectivity index (χ2n) is 4.79. The highest BCUT2D eigenvalue weighted by Crippen LogP contribution is 2.16. The maximum absolute atomic E-state index is 11.4. The van der Waals surface area contributed by atoms with E-state index in [1.54, 1.807) is 0 Å². The zero-order chi connectivity index (χ0) is 13.4. The number of Topliss-reactive ketones (excluding diaryl/α,β-unsaturated/α-hetero) is 1. The van der Waals surface area contributed by atoms with Crippen molar-refractivity contribution in [3.8, 4) is 0 Å². The van der Waals surface area contributed by atoms with Gasteiger partial charge in [-0.1, -0.05) is 26.7 Å². The minimum atomic E-state index is -0.171. The fourth-order valence-electron chi connectivity index (χ4n) is 2.11. The van der Waals surface area contributed by atoms with Crippen LogP contribution in [0.25, 0.3) is 0 Å². The molecule has 1 N–H and O–H groups in total. The van der Waals surface area contributed by atoms with E-state index in [4.69, 9.17) is 0 Å². The van der Waals surface area contributed by atoms with Crippen LogP contribution < -0.4 is 5.32 Å². The number of likely N-dealkylation sites (N-methyl/N-ethyl adjacent to an activating group) is 1. The summed E-state index contributed by atoms with van der Waals surface area (Å²) in [4.78, 5) is 24.4. The highest BCUT2D eigenvalue weighted by Gasteiger charge is 2.21. The van der Waals surface area contributed by atoms with Crippen molar-refractivity contribution in [2.24, 2.45) is 5.92 Å². The summed E-state index contributed by atoms with van der Waals surface area (Å²) in [5.74, 6) is 0.310. The van der Waals surface area contributed by atoms with Crippen LogP contribution in [-0.2, 0) is 9.59 Å². The number of amides is 1. The van der Waals surface area contributed by atoms with Gasteiger partial charge < -0.3 is 10.2 Å². The lowest BCUT2D eigenvalue weighted by atomic mass is 9.93. The van der Waals surface area contributed by atoms with E-state index in [2.05, 4.69) is 24.1 Å². The Morgan fingerprint density at radius 1 is 1.18 bits per heavy atom. The smallest absolute Gasteiger partial charge is 0.227 e. The van der Waals surface area contributed by atoms with Crippen molar-refractivity contribution in [3.05, 3.63) is 0 Å². The number of carbonyl (C=O) groups excluding carboxylic acids is 2. The second-order valence-corrected chi connectivity index (χ2v) is 4.79. The average molecular weight is 242 g/mol. The van der Waals surface area contributed by atoms with Crippen molar-refractivity contribution in [1.82, 2.24) is 10.2 Å². The lowest BCUT2D eigenvalue weighted by molar-refractivity contribution is -0.127. The van der Waals surface area contributed by atoms with Crippen molar-refractivity contribution in [1.29, 1.82) is 0 Å². The van der Waals surface area contributed by atoms with Gasteiger partial charge in [-0.2, -0.15) is 0 Å². The predicted molar refractivity (Wildman–Crippen MR) is 69.9 cm³/mol. The molecule has 0 aromatic carbocycles. The highest BCUT2D eigenvalue weighted by atomic mass is 16.2. The third kappa shape index (κ3) is 6.41. The lowest BCUT2D eigenvalue weighted by Crippen LogP contribution is -2.44. The number of rotatable bonds is 8. The number of carbonyl (C=O) groups is 2. The Morgan fingerprint density at radius 2 is 1.71 bits per heavy atom. The molecule has 0 aliphatic carbocycles. The van der Waals surface area contributed by atoms with Crippen molar-refractivity contribution < 1.29 is 9.59 Å². The molecule has 0 spiro atoms. The van der Waals surface area contributed by atoms with Gasteiger partial charge in [0, 0.05) is 12.6 Å². The minimum Gasteiger partial charge on any atom is -0.354 e. The number of hydrogen-bond donors (Lipinski definition) is 1. The fourth-order valence-corrected chi connectivity index (χ4v) is 2.11. The second kappa shape index (κ2) is 8.23. The Morgan fingerprint density at radius 3 is 2.06 bits per heavy atom. The first-order chi connectivity index (χ1) is 7.92. The topological polar surface area (TPSA) is 49.4 Å². The summed E-state index contributed by atoms with van der Waals surface area (Å²) in [5, 5.41) is 2.84. The number of hydrogen-bond acceptors (Lipinski definition) is 3. The van der Waals surface area contributed by atoms with Gasteiger partial charge in [-0.05, 0) is 26.9 Å². The van der Waals surface area contributed by atoms with Crippen LogP contribution in [0.15, 0.2) is 0 Å². The van der Waals surface area contributed by atoms with E-state index in [0.29, 0.717) is 18.5 Å². The van der Waals surface area contributed by atoms with Crippen molar-refractivity contribution in [2.45, 2.75) is 46.1 Å². The third-order valence-electron chi connectivity index (χ3n) is 3.17. The maximum atomic E-state index is 11.4. The van der Waals surface area contributed by atoms with E-state index in [0.717, 1.165) is 12.8 Å². The summed E-state index contributed by atoms with van der Waals surface area (Å²) in [6.07, 6.45) is 2.19. The molecule has 0 radical (unpaired) electrons. The zero-order valence-corrected chi connectivity index (χ0v) is 11.7. The van der Waals surface area contributed by atoms with Gasteiger partial charge >= 0.3 is 0 Å². The summed E-state index contributed by atoms with van der Waals surface area (Å²) in [5.41, 5.74) is 0. The van der Waals surface area contributed by atoms with Gasteiger partial charge in [-0.25, -0.2) is 0 Å². The summed E-state index contributed by atoms with van der Waals surface area (Å²) in [7, 11) is 4.06. The van der Waals surface area contributed by atoms with Crippen LogP contribution in [0.5, 0.6) is 0 Å². The van der Waals surface area contributed by atoms with Gasteiger partial charge in [-0.3, -0.25) is 9.59 Å². The SMILES string of the molecule is CCC(CC)C(CNC(=O)CC(C)=O)N(C)C. The van der Waals surface area contributed by atoms with Crippen LogP contribution in [0.3, 0.4) is 0 Å². The van der Waals surface area contributed by atoms with E-state index in [-0.39, 0.29) is 18.1 Å². The van der Waals surface area contributed by atoms with Crippen molar-refractivity contribution in [3.63, 3.8) is 0 Å². The normalized spacial score (nSPS) is 12.9. The molecular formula is C13H26N2O2. The summed E-state index contributed by atoms with van der Waals surface area (Å²) in [6, 6.07) is 0.334. The minimum absolute atomic E-state index is 0.0108. The third-order valence-corrected chi connectivity index (χ3v) is 3.17. The molecule has 1 amide bonds. The Hall–Kier alpha value is -0.900. The average Bonchev–Trinajstić information content (AvgIpc) is 2.22. The predicted octanol–water partition coefficient (Wildman–Crippen LogP) is 1.45. The molecule has 0 aliphatic rings. The standard InChI is InChI=1S/C13H26N2O2/c1-6-11(7-2)12(15(4)5)9-14-13(17)8-10(3)16/h11-12H,6-9H2,1-5H3,(H,14,17). The zero-order valence-electron chi connectivity index (χ0n) is 11.7. The Balaban J connectivity index is 4.27. The van der Waals surface area contributed by atoms with E-state index in [1.807, 2.05) is 14.1 Å². The van der Waals surface area contributed by atoms with Crippen LogP contribution in [0.1, 0.15) is 40.0 Å². The molecule has 0 fully saturated rings. The first-order valence-corrected chi connectivity index (χ1v) is 6.34. The molecule has 0 aromatic heterocycles. The van der Waals surface area contributed by atoms with Gasteiger partial charge in [-0.15, -0.1) is 0 Å². The van der Waals surface area contributed by atoms with Gasteiger partial charge in [0.2, 0.25) is 5.91 Å². The molecule has 4 heteroatoms. The van der Waals surface area contributed by atoms with E-state index in [9.17, 15) is 9.59 Å². The van der Waals surface area contributed by atoms with E-state index in [1.165, 1.54) is 6.92 Å². The first-order valence-electron chi connectivity index (χ1n) is 6.34. The number of ketones is 1. The lowest BCUT2D eigenvalue weighted by Gasteiger charge is -2.31. The van der Waals surface area contributed by atoms with E-state index >= 15 is 0 Å². The fraction of sp³-hybridized carbons (Fsp3) is 0.846. The molecule has 17 heavy (non-hydrogen) atoms. The molecule has 0 bridgehead atoms. The highest BCUT2D eigenvalue weighted by molar-refractivity contribution is 5.96. The number of nitrogens with one attached hydrogen (secondary N) is 1. The molecule has 100 valence electrons. The van der Waals surface area contributed by atoms with Crippen LogP contribution in [0, 0.1) is 5.92 Å². The molecule has 0 saturated heterocycles. The van der Waals surface area contributed by atoms with Crippen LogP contribution >= 0.6 is 0 Å². The van der Waals surface area contributed by atoms with Gasteiger partial charge in [0.15, 0.2) is 0 Å². The molecule has 0 rings (SSSR count). The van der Waals surface area contributed by atoms with Crippen molar-refractivity contribution >= 4 is 11.7 Å². The van der Waals surface area contributed by atoms with Crippen LogP contribution in [0.2, 0.25) is 0 Å². The first kappa shape index (κ1) is 16.1. The summed E-state index contributed by atoms with van der Waals surface area (Å²) in [6.45, 7) is 6.39. The molecule has 0 heterocycles. The number of nitrogens with zero attached hydrogens (tertiary/aromatic N) is 1. The molecule has 0 saturated carbocycles. The molecule has 0 aromatic rings. The van der Waals surface area contributed by atoms with Gasteiger partial charge in [0.1, 0.15) is 5.78 Å². The largest absolute Gasteiger partial charge is 0.354 e. The van der Waals surface area contributed by atoms with Crippen LogP contribution in [-0.4, -0.2) is 43.3 Å². The summed E-state index contributed by atoms with van der Waals surface area (Å²) < 4.78 is 0.